The molecule has 3 heterocycles. The predicted octanol–water partition coefficient (Wildman–Crippen LogP) is 2.35. The summed E-state index contributed by atoms with van der Waals surface area (Å²) in [5.74, 6) is 0.982. The smallest absolute Gasteiger partial charge is 0.157 e. The second kappa shape index (κ2) is 5.55. The van der Waals surface area contributed by atoms with Gasteiger partial charge >= 0.3 is 0 Å². The zero-order valence-corrected chi connectivity index (χ0v) is 12.7. The summed E-state index contributed by atoms with van der Waals surface area (Å²) >= 11 is 0. The van der Waals surface area contributed by atoms with E-state index in [4.69, 9.17) is 0 Å². The van der Waals surface area contributed by atoms with Gasteiger partial charge in [0.2, 0.25) is 0 Å². The quantitative estimate of drug-likeness (QED) is 0.731. The van der Waals surface area contributed by atoms with Crippen LogP contribution in [-0.2, 0) is 6.54 Å². The molecule has 0 aromatic carbocycles. The molecule has 0 saturated heterocycles. The summed E-state index contributed by atoms with van der Waals surface area (Å²) in [7, 11) is 0. The Morgan fingerprint density at radius 2 is 2.00 bits per heavy atom. The number of nitrogens with zero attached hydrogens (tertiary/aromatic N) is 5. The monoisotopic (exact) mass is 284 g/mol. The molecule has 0 atom stereocenters. The lowest BCUT2D eigenvalue weighted by Crippen LogP contribution is -2.11. The molecule has 0 radical (unpaired) electrons. The predicted molar refractivity (Wildman–Crippen MR) is 82.5 cm³/mol. The second-order valence-corrected chi connectivity index (χ2v) is 5.38. The van der Waals surface area contributed by atoms with Gasteiger partial charge in [-0.3, -0.25) is 4.68 Å². The van der Waals surface area contributed by atoms with E-state index in [2.05, 4.69) is 51.2 Å². The van der Waals surface area contributed by atoms with Crippen LogP contribution in [0.5, 0.6) is 0 Å². The third-order valence-electron chi connectivity index (χ3n) is 3.48. The van der Waals surface area contributed by atoms with E-state index in [-0.39, 0.29) is 0 Å². The number of nitrogens with one attached hydrogen (secondary N) is 1. The molecule has 6 nitrogen and oxygen atoms in total. The van der Waals surface area contributed by atoms with Crippen LogP contribution >= 0.6 is 0 Å². The van der Waals surface area contributed by atoms with Crippen LogP contribution in [0, 0.1) is 20.8 Å². The summed E-state index contributed by atoms with van der Waals surface area (Å²) in [4.78, 5) is 4.23. The topological polar surface area (TPSA) is 60.0 Å². The molecule has 21 heavy (non-hydrogen) atoms. The van der Waals surface area contributed by atoms with Gasteiger partial charge in [0.1, 0.15) is 12.1 Å². The molecular formula is C15H20N6. The third-order valence-corrected chi connectivity index (χ3v) is 3.48. The van der Waals surface area contributed by atoms with Crippen molar-refractivity contribution < 1.29 is 0 Å². The molecule has 0 saturated carbocycles. The summed E-state index contributed by atoms with van der Waals surface area (Å²) in [6, 6.07) is 6.21. The molecule has 0 bridgehead atoms. The lowest BCUT2D eigenvalue weighted by Gasteiger charge is -2.09. The number of aromatic nitrogens is 5. The average molecular weight is 284 g/mol. The minimum absolute atomic E-state index is 0.871. The zero-order chi connectivity index (χ0) is 14.8. The Morgan fingerprint density at radius 3 is 2.76 bits per heavy atom. The van der Waals surface area contributed by atoms with Crippen molar-refractivity contribution in [2.24, 2.45) is 0 Å². The Morgan fingerprint density at radius 1 is 1.14 bits per heavy atom. The molecule has 0 unspecified atom stereocenters. The van der Waals surface area contributed by atoms with Gasteiger partial charge in [0.05, 0.1) is 5.69 Å². The van der Waals surface area contributed by atoms with Gasteiger partial charge in [-0.2, -0.15) is 14.7 Å². The van der Waals surface area contributed by atoms with Crippen molar-refractivity contribution in [3.05, 3.63) is 41.5 Å². The van der Waals surface area contributed by atoms with Crippen LogP contribution in [0.1, 0.15) is 23.4 Å². The number of aryl methyl sites for hydroxylation is 4. The van der Waals surface area contributed by atoms with Crippen molar-refractivity contribution in [1.29, 1.82) is 0 Å². The summed E-state index contributed by atoms with van der Waals surface area (Å²) in [6.45, 7) is 7.97. The number of hydrogen-bond acceptors (Lipinski definition) is 4. The molecule has 0 fully saturated rings. The molecule has 3 rings (SSSR count). The maximum atomic E-state index is 4.47. The second-order valence-electron chi connectivity index (χ2n) is 5.38. The minimum Gasteiger partial charge on any atom is -0.370 e. The SMILES string of the molecule is Cc1cc(NCCCn2nc(C)cc2C)n2ncnc2c1. The number of hydrogen-bond donors (Lipinski definition) is 1. The lowest BCUT2D eigenvalue weighted by molar-refractivity contribution is 0.573. The summed E-state index contributed by atoms with van der Waals surface area (Å²) in [5.41, 5.74) is 4.33. The standard InChI is InChI=1S/C15H20N6/c1-11-7-14(21-15(8-11)17-10-18-21)16-5-4-6-20-13(3)9-12(2)19-20/h7-10,16H,4-6H2,1-3H3. The van der Waals surface area contributed by atoms with Crippen molar-refractivity contribution in [3.63, 3.8) is 0 Å². The van der Waals surface area contributed by atoms with E-state index < -0.39 is 0 Å². The molecule has 0 amide bonds. The first-order valence-corrected chi connectivity index (χ1v) is 7.19. The third kappa shape index (κ3) is 2.89. The van der Waals surface area contributed by atoms with Crippen molar-refractivity contribution in [2.45, 2.75) is 33.7 Å². The summed E-state index contributed by atoms with van der Waals surface area (Å²) in [6.07, 6.45) is 2.59. The largest absolute Gasteiger partial charge is 0.370 e. The van der Waals surface area contributed by atoms with Crippen LogP contribution in [0.2, 0.25) is 0 Å². The normalized spacial score (nSPS) is 11.2. The van der Waals surface area contributed by atoms with Crippen LogP contribution in [0.25, 0.3) is 5.65 Å². The van der Waals surface area contributed by atoms with Crippen LogP contribution < -0.4 is 5.32 Å². The Kier molecular flexibility index (Phi) is 3.60. The van der Waals surface area contributed by atoms with Crippen LogP contribution in [0.15, 0.2) is 24.5 Å². The van der Waals surface area contributed by atoms with Gasteiger partial charge in [0, 0.05) is 18.8 Å². The van der Waals surface area contributed by atoms with E-state index in [0.29, 0.717) is 0 Å². The van der Waals surface area contributed by atoms with E-state index in [1.807, 2.05) is 17.5 Å². The molecule has 0 spiro atoms. The molecule has 1 N–H and O–H groups in total. The zero-order valence-electron chi connectivity index (χ0n) is 12.7. The Balaban J connectivity index is 1.62. The Hall–Kier alpha value is -2.37. The van der Waals surface area contributed by atoms with Crippen molar-refractivity contribution >= 4 is 11.5 Å². The first kappa shape index (κ1) is 13.6. The Labute approximate surface area is 123 Å². The van der Waals surface area contributed by atoms with E-state index in [9.17, 15) is 0 Å². The van der Waals surface area contributed by atoms with Crippen LogP contribution in [-0.4, -0.2) is 30.9 Å². The fraction of sp³-hybridized carbons (Fsp3) is 0.400. The lowest BCUT2D eigenvalue weighted by atomic mass is 10.3. The molecule has 0 aliphatic rings. The van der Waals surface area contributed by atoms with Gasteiger partial charge in [0.15, 0.2) is 5.65 Å². The maximum Gasteiger partial charge on any atom is 0.157 e. The van der Waals surface area contributed by atoms with Gasteiger partial charge in [-0.1, -0.05) is 0 Å². The molecule has 0 aliphatic heterocycles. The van der Waals surface area contributed by atoms with Crippen LogP contribution in [0.3, 0.4) is 0 Å². The molecule has 0 aliphatic carbocycles. The fourth-order valence-electron chi connectivity index (χ4n) is 2.53. The van der Waals surface area contributed by atoms with E-state index in [0.717, 1.165) is 36.7 Å². The fourth-order valence-corrected chi connectivity index (χ4v) is 2.53. The van der Waals surface area contributed by atoms with E-state index in [1.165, 1.54) is 11.3 Å². The van der Waals surface area contributed by atoms with Gasteiger partial charge in [-0.15, -0.1) is 0 Å². The molecule has 3 aromatic rings. The first-order chi connectivity index (χ1) is 10.1. The Bertz CT molecular complexity index is 755. The van der Waals surface area contributed by atoms with E-state index in [1.54, 1.807) is 6.33 Å². The van der Waals surface area contributed by atoms with Gasteiger partial charge in [0.25, 0.3) is 0 Å². The average Bonchev–Trinajstić information content (AvgIpc) is 3.01. The van der Waals surface area contributed by atoms with Gasteiger partial charge < -0.3 is 5.32 Å². The number of pyridine rings is 1. The summed E-state index contributed by atoms with van der Waals surface area (Å²) in [5, 5.41) is 12.1. The summed E-state index contributed by atoms with van der Waals surface area (Å²) < 4.78 is 3.88. The molecule has 3 aromatic heterocycles. The highest BCUT2D eigenvalue weighted by molar-refractivity contribution is 5.51. The van der Waals surface area contributed by atoms with Gasteiger partial charge in [-0.05, 0) is 51.0 Å². The van der Waals surface area contributed by atoms with Gasteiger partial charge in [-0.25, -0.2) is 4.98 Å². The maximum absolute atomic E-state index is 4.47. The number of anilines is 1. The number of fused-ring (bicyclic) bond motifs is 1. The van der Waals surface area contributed by atoms with Crippen molar-refractivity contribution in [2.75, 3.05) is 11.9 Å². The van der Waals surface area contributed by atoms with Crippen molar-refractivity contribution in [3.8, 4) is 0 Å². The minimum atomic E-state index is 0.871. The first-order valence-electron chi connectivity index (χ1n) is 7.19. The highest BCUT2D eigenvalue weighted by Gasteiger charge is 2.04. The van der Waals surface area contributed by atoms with Crippen molar-refractivity contribution in [1.82, 2.24) is 24.4 Å². The highest BCUT2D eigenvalue weighted by Crippen LogP contribution is 2.13. The van der Waals surface area contributed by atoms with Crippen LogP contribution in [0.4, 0.5) is 5.82 Å². The highest BCUT2D eigenvalue weighted by atomic mass is 15.3. The van der Waals surface area contributed by atoms with E-state index >= 15 is 0 Å². The molecule has 110 valence electrons. The number of rotatable bonds is 5. The molecule has 6 heteroatoms. The molecular weight excluding hydrogens is 264 g/mol.